The molecule has 2 aromatic rings. The number of rotatable bonds is 3. The molecule has 1 heterocycles. The maximum Gasteiger partial charge on any atom is 0.339 e. The van der Waals surface area contributed by atoms with Gasteiger partial charge in [-0.3, -0.25) is 4.98 Å². The first-order chi connectivity index (χ1) is 8.95. The molecule has 0 amide bonds. The van der Waals surface area contributed by atoms with E-state index in [4.69, 9.17) is 5.11 Å². The van der Waals surface area contributed by atoms with Gasteiger partial charge in [-0.05, 0) is 43.7 Å². The van der Waals surface area contributed by atoms with Gasteiger partial charge in [-0.15, -0.1) is 0 Å². The first-order valence-corrected chi connectivity index (χ1v) is 6.49. The Morgan fingerprint density at radius 3 is 2.63 bits per heavy atom. The van der Waals surface area contributed by atoms with Crippen LogP contribution in [0.15, 0.2) is 34.9 Å². The first-order valence-electron chi connectivity index (χ1n) is 5.70. The van der Waals surface area contributed by atoms with Gasteiger partial charge in [0.2, 0.25) is 0 Å². The second-order valence-electron chi connectivity index (χ2n) is 4.32. The normalized spacial score (nSPS) is 10.3. The van der Waals surface area contributed by atoms with Crippen molar-refractivity contribution in [2.24, 2.45) is 0 Å². The second-order valence-corrected chi connectivity index (χ2v) is 5.23. The molecule has 4 nitrogen and oxygen atoms in total. The maximum absolute atomic E-state index is 11.2. The monoisotopic (exact) mass is 320 g/mol. The number of halogens is 1. The average molecular weight is 321 g/mol. The Bertz CT molecular complexity index is 621. The van der Waals surface area contributed by atoms with Gasteiger partial charge >= 0.3 is 5.97 Å². The molecule has 5 heteroatoms. The number of anilines is 2. The molecule has 98 valence electrons. The highest BCUT2D eigenvalue weighted by molar-refractivity contribution is 9.10. The number of aryl methyl sites for hydroxylation is 2. The number of pyridine rings is 1. The minimum absolute atomic E-state index is 0.156. The van der Waals surface area contributed by atoms with Crippen molar-refractivity contribution in [3.8, 4) is 0 Å². The number of nitrogens with one attached hydrogen (secondary N) is 1. The fourth-order valence-corrected chi connectivity index (χ4v) is 2.41. The fraction of sp³-hybridized carbons (Fsp3) is 0.143. The van der Waals surface area contributed by atoms with Gasteiger partial charge in [-0.25, -0.2) is 4.79 Å². The van der Waals surface area contributed by atoms with Crippen molar-refractivity contribution < 1.29 is 9.90 Å². The molecule has 0 fully saturated rings. The van der Waals surface area contributed by atoms with Gasteiger partial charge in [-0.1, -0.05) is 15.9 Å². The highest BCUT2D eigenvalue weighted by atomic mass is 79.9. The third kappa shape index (κ3) is 3.32. The Kier molecular flexibility index (Phi) is 3.85. The molecule has 0 atom stereocenters. The standard InChI is InChI=1S/C14H13BrN2O2/c1-8-3-10(15)6-11(4-8)17-13-5-9(2)16-7-12(13)14(18)19/h3-7H,1-2H3,(H,16,17)(H,18,19). The summed E-state index contributed by atoms with van der Waals surface area (Å²) in [5.41, 5.74) is 3.37. The summed E-state index contributed by atoms with van der Waals surface area (Å²) < 4.78 is 0.942. The van der Waals surface area contributed by atoms with Crippen molar-refractivity contribution in [1.29, 1.82) is 0 Å². The largest absolute Gasteiger partial charge is 0.478 e. The summed E-state index contributed by atoms with van der Waals surface area (Å²) in [6, 6.07) is 7.56. The summed E-state index contributed by atoms with van der Waals surface area (Å²) in [6.07, 6.45) is 1.37. The summed E-state index contributed by atoms with van der Waals surface area (Å²) in [5, 5.41) is 12.3. The minimum Gasteiger partial charge on any atom is -0.478 e. The molecule has 1 aromatic carbocycles. The Hall–Kier alpha value is -1.88. The number of carbonyl (C=O) groups is 1. The zero-order valence-corrected chi connectivity index (χ0v) is 12.2. The van der Waals surface area contributed by atoms with Crippen molar-refractivity contribution in [2.75, 3.05) is 5.32 Å². The van der Waals surface area contributed by atoms with Crippen molar-refractivity contribution >= 4 is 33.3 Å². The molecule has 0 bridgehead atoms. The van der Waals surface area contributed by atoms with Crippen LogP contribution in [0.5, 0.6) is 0 Å². The van der Waals surface area contributed by atoms with Crippen molar-refractivity contribution in [2.45, 2.75) is 13.8 Å². The Labute approximate surface area is 119 Å². The van der Waals surface area contributed by atoms with Crippen LogP contribution in [0.1, 0.15) is 21.6 Å². The van der Waals surface area contributed by atoms with Crippen LogP contribution in [0.2, 0.25) is 0 Å². The van der Waals surface area contributed by atoms with E-state index in [1.807, 2.05) is 32.0 Å². The van der Waals surface area contributed by atoms with Crippen molar-refractivity contribution in [1.82, 2.24) is 4.98 Å². The van der Waals surface area contributed by atoms with Gasteiger partial charge in [0.05, 0.1) is 5.69 Å². The SMILES string of the molecule is Cc1cc(Br)cc(Nc2cc(C)ncc2C(=O)O)c1. The Morgan fingerprint density at radius 1 is 1.26 bits per heavy atom. The number of aromatic carboxylic acids is 1. The topological polar surface area (TPSA) is 62.2 Å². The molecule has 0 saturated heterocycles. The smallest absolute Gasteiger partial charge is 0.339 e. The molecule has 0 aliphatic carbocycles. The predicted octanol–water partition coefficient (Wildman–Crippen LogP) is 3.90. The number of carboxylic acids is 1. The molecule has 2 N–H and O–H groups in total. The number of aromatic nitrogens is 1. The molecule has 2 rings (SSSR count). The molecule has 19 heavy (non-hydrogen) atoms. The molecule has 1 aromatic heterocycles. The third-order valence-electron chi connectivity index (χ3n) is 2.59. The van der Waals surface area contributed by atoms with Crippen LogP contribution in [0.4, 0.5) is 11.4 Å². The van der Waals surface area contributed by atoms with E-state index in [0.29, 0.717) is 5.69 Å². The molecule has 0 saturated carbocycles. The molecule has 0 spiro atoms. The van der Waals surface area contributed by atoms with E-state index in [1.165, 1.54) is 6.20 Å². The van der Waals surface area contributed by atoms with Crippen molar-refractivity contribution in [3.05, 3.63) is 51.8 Å². The Morgan fingerprint density at radius 2 is 2.00 bits per heavy atom. The molecular formula is C14H13BrN2O2. The van der Waals surface area contributed by atoms with Gasteiger partial charge in [-0.2, -0.15) is 0 Å². The van der Waals surface area contributed by atoms with Gasteiger partial charge in [0, 0.05) is 22.1 Å². The van der Waals surface area contributed by atoms with Crippen LogP contribution in [0.3, 0.4) is 0 Å². The number of hydrogen-bond acceptors (Lipinski definition) is 3. The summed E-state index contributed by atoms with van der Waals surface area (Å²) in [4.78, 5) is 15.2. The second kappa shape index (κ2) is 5.40. The summed E-state index contributed by atoms with van der Waals surface area (Å²) in [7, 11) is 0. The lowest BCUT2D eigenvalue weighted by Crippen LogP contribution is -2.04. The molecule has 0 radical (unpaired) electrons. The molecule has 0 aliphatic heterocycles. The zero-order valence-electron chi connectivity index (χ0n) is 10.6. The molecule has 0 unspecified atom stereocenters. The van der Waals surface area contributed by atoms with Crippen LogP contribution in [-0.2, 0) is 0 Å². The lowest BCUT2D eigenvalue weighted by molar-refractivity contribution is 0.0697. The van der Waals surface area contributed by atoms with E-state index in [2.05, 4.69) is 26.2 Å². The maximum atomic E-state index is 11.2. The number of carboxylic acid groups (broad SMARTS) is 1. The van der Waals surface area contributed by atoms with E-state index in [1.54, 1.807) is 6.07 Å². The van der Waals surface area contributed by atoms with E-state index in [9.17, 15) is 4.79 Å². The summed E-state index contributed by atoms with van der Waals surface area (Å²) in [5.74, 6) is -0.998. The fourth-order valence-electron chi connectivity index (χ4n) is 1.80. The van der Waals surface area contributed by atoms with Crippen LogP contribution >= 0.6 is 15.9 Å². The predicted molar refractivity (Wildman–Crippen MR) is 78.1 cm³/mol. The lowest BCUT2D eigenvalue weighted by atomic mass is 10.1. The van der Waals surface area contributed by atoms with E-state index in [0.717, 1.165) is 21.4 Å². The van der Waals surface area contributed by atoms with E-state index < -0.39 is 5.97 Å². The third-order valence-corrected chi connectivity index (χ3v) is 3.05. The highest BCUT2D eigenvalue weighted by Crippen LogP contribution is 2.25. The zero-order chi connectivity index (χ0) is 14.0. The Balaban J connectivity index is 2.42. The lowest BCUT2D eigenvalue weighted by Gasteiger charge is -2.11. The van der Waals surface area contributed by atoms with Crippen LogP contribution in [0, 0.1) is 13.8 Å². The number of benzene rings is 1. The van der Waals surface area contributed by atoms with Crippen LogP contribution < -0.4 is 5.32 Å². The summed E-state index contributed by atoms with van der Waals surface area (Å²) in [6.45, 7) is 3.80. The molecular weight excluding hydrogens is 308 g/mol. The minimum atomic E-state index is -0.998. The molecule has 0 aliphatic rings. The van der Waals surface area contributed by atoms with Gasteiger partial charge < -0.3 is 10.4 Å². The first kappa shape index (κ1) is 13.5. The van der Waals surface area contributed by atoms with Crippen molar-refractivity contribution in [3.63, 3.8) is 0 Å². The number of hydrogen-bond donors (Lipinski definition) is 2. The van der Waals surface area contributed by atoms with E-state index in [-0.39, 0.29) is 5.56 Å². The quantitative estimate of drug-likeness (QED) is 0.900. The van der Waals surface area contributed by atoms with Gasteiger partial charge in [0.1, 0.15) is 5.56 Å². The van der Waals surface area contributed by atoms with E-state index >= 15 is 0 Å². The van der Waals surface area contributed by atoms with Crippen LogP contribution in [0.25, 0.3) is 0 Å². The van der Waals surface area contributed by atoms with Gasteiger partial charge in [0.15, 0.2) is 0 Å². The summed E-state index contributed by atoms with van der Waals surface area (Å²) >= 11 is 3.42. The highest BCUT2D eigenvalue weighted by Gasteiger charge is 2.11. The van der Waals surface area contributed by atoms with Crippen LogP contribution in [-0.4, -0.2) is 16.1 Å². The average Bonchev–Trinajstić information content (AvgIpc) is 2.26. The number of nitrogens with zero attached hydrogens (tertiary/aromatic N) is 1. The van der Waals surface area contributed by atoms with Gasteiger partial charge in [0.25, 0.3) is 0 Å².